The molecule has 10 aliphatic rings. The molecule has 29 N–H and O–H groups in total. The van der Waals surface area contributed by atoms with Gasteiger partial charge in [0.2, 0.25) is 0 Å². The molecule has 51 atom stereocenters. The van der Waals surface area contributed by atoms with E-state index >= 15 is 0 Å². The van der Waals surface area contributed by atoms with Crippen molar-refractivity contribution in [2.45, 2.75) is 327 Å². The Morgan fingerprint density at radius 2 is 0.726 bits per heavy atom. The molecule has 117 heavy (non-hydrogen) atoms. The number of nitrogens with two attached hydrogens (primary N) is 1. The quantitative estimate of drug-likeness (QED) is 0.0226. The molecule has 682 valence electrons. The lowest BCUT2D eigenvalue weighted by atomic mass is 9.88. The first-order valence-corrected chi connectivity index (χ1v) is 39.7. The van der Waals surface area contributed by atoms with Crippen LogP contribution >= 0.6 is 22.6 Å². The summed E-state index contributed by atoms with van der Waals surface area (Å²) in [5.74, 6) is -9.19. The minimum absolute atomic E-state index is 0.549. The SMILES string of the molecule is CC1C(O)[C@H](O[C@@H]2OC(CO)[C@H](O)C(O)[C@@H]2O)[C@H](CO)O[C@H]1O[C@@H]1C(O)[C@H](O)C(CO)O[C@@H]1OCC1O[C@@H](O[C@@H]2C(CO)O[C@@H](O[C@@H]3C(CO)O[C@@H](C)[C@@H](C)C3O)[C@@H](C)C2O)[C@H](O)C(O[C@H]2O[C@H](CO)[C@@H](O)C(O)C2O[C@@H]2OC(CO)[C@H](O[C@@H]3OC(CO[C@]4(C(=O)O)C[C@@H](O)[C@@H](N)C(C(O)C(O)CO)O4)[C@H](I)C(O)[C@@H]3O)C(O)[C@@H]2C)[C@@H]1O. The van der Waals surface area contributed by atoms with Crippen LogP contribution in [0.5, 0.6) is 0 Å². The standard InChI is InChI=1S/C68H116INO47/c1-17-21(5)101-27(11-75)51(35(17)81)110-59-18(2)36(82)54(30(14-78)105-59)113-64-50(96)56(43(89)32(109-64)15-99-65-57(46(92)41(87)25(9-73)103-65)115-60-19(3)37(83)53(29(13-77)106-60)112-63-49(95)45(91)40(86)24(8-72)102-63)114-66-58(47(93)42(88)26(10-74)104-66)116-61-20(4)38(84)52(28(12-76)107-61)111-62-48(94)44(90)33(69)31(108-62)16-100-68(67(97)98)6-22(79)34(70)55(117-68)39(85)23(80)7-71/h17-66,71-96H,6-16,70H2,1-5H3,(H,97,98)/t17-,18+,19?,20+,21+,22-,23?,24?,25?,26-,27?,28?,29+,30?,31?,32?,33+,34-,35?,36?,37?,38?,39?,40+,41-,42-,43-,44?,45?,46?,47?,48+,49+,50-,51-,52+,53-,54-,55?,56?,57-,58?,59+,60+,61+,62+,63+,64+,65+,66-,68-/m1/s1. The van der Waals surface area contributed by atoms with Gasteiger partial charge in [-0.05, 0) is 6.92 Å². The number of rotatable bonds is 31. The van der Waals surface area contributed by atoms with Crippen LogP contribution in [0.25, 0.3) is 0 Å². The number of aliphatic hydroxyl groups is 26. The van der Waals surface area contributed by atoms with Crippen molar-refractivity contribution in [3.63, 3.8) is 0 Å². The van der Waals surface area contributed by atoms with Crippen molar-refractivity contribution in [3.05, 3.63) is 0 Å². The van der Waals surface area contributed by atoms with E-state index in [4.69, 9.17) is 95.7 Å². The minimum atomic E-state index is -2.84. The maximum absolute atomic E-state index is 12.9. The summed E-state index contributed by atoms with van der Waals surface area (Å²) in [4.78, 5) is 12.9. The maximum Gasteiger partial charge on any atom is 0.364 e. The van der Waals surface area contributed by atoms with Crippen LogP contribution in [0.3, 0.4) is 0 Å². The second-order valence-corrected chi connectivity index (χ2v) is 32.8. The largest absolute Gasteiger partial charge is 0.477 e. The molecule has 0 saturated carbocycles. The number of ether oxygens (including phenoxy) is 19. The van der Waals surface area contributed by atoms with Gasteiger partial charge in [-0.3, -0.25) is 0 Å². The molecule has 48 nitrogen and oxygen atoms in total. The number of hydrogen-bond donors (Lipinski definition) is 28. The number of carboxylic acid groups (broad SMARTS) is 1. The second kappa shape index (κ2) is 41.9. The van der Waals surface area contributed by atoms with Crippen LogP contribution in [0.2, 0.25) is 0 Å². The maximum atomic E-state index is 12.9. The Morgan fingerprint density at radius 3 is 1.17 bits per heavy atom. The molecular weight excluding hydrogens is 1710 g/mol. The lowest BCUT2D eigenvalue weighted by Gasteiger charge is -2.51. The summed E-state index contributed by atoms with van der Waals surface area (Å²) in [7, 11) is 0. The number of carboxylic acids is 1. The normalized spacial score (nSPS) is 52.1. The summed E-state index contributed by atoms with van der Waals surface area (Å²) in [6, 6.07) is -1.52. The Kier molecular flexibility index (Phi) is 34.9. The smallest absolute Gasteiger partial charge is 0.364 e. The molecule has 0 radical (unpaired) electrons. The fraction of sp³-hybridized carbons (Fsp3) is 0.985. The summed E-state index contributed by atoms with van der Waals surface area (Å²) in [5.41, 5.74) is 6.00. The molecule has 0 aromatic carbocycles. The molecule has 0 aromatic rings. The molecule has 0 aliphatic carbocycles. The van der Waals surface area contributed by atoms with Crippen LogP contribution in [-0.4, -0.2) is 496 Å². The number of hydrogen-bond acceptors (Lipinski definition) is 47. The van der Waals surface area contributed by atoms with Gasteiger partial charge in [0.15, 0.2) is 50.3 Å². The first-order valence-electron chi connectivity index (χ1n) is 38.5. The lowest BCUT2D eigenvalue weighted by molar-refractivity contribution is -0.401. The first-order chi connectivity index (χ1) is 55.3. The fourth-order valence-corrected chi connectivity index (χ4v) is 16.6. The Labute approximate surface area is 680 Å². The number of aliphatic carboxylic acids is 1. The minimum Gasteiger partial charge on any atom is -0.477 e. The van der Waals surface area contributed by atoms with E-state index < -0.39 is 388 Å². The zero-order valence-electron chi connectivity index (χ0n) is 63.8. The number of alkyl halides is 1. The summed E-state index contributed by atoms with van der Waals surface area (Å²) in [6.07, 6.45) is -81.4. The molecule has 10 aliphatic heterocycles. The molecule has 0 aromatic heterocycles. The Hall–Kier alpha value is -1.64. The highest BCUT2D eigenvalue weighted by atomic mass is 127. The van der Waals surface area contributed by atoms with Crippen molar-refractivity contribution >= 4 is 28.6 Å². The van der Waals surface area contributed by atoms with E-state index in [0.29, 0.717) is 0 Å². The van der Waals surface area contributed by atoms with E-state index in [1.807, 2.05) is 0 Å². The number of halogens is 1. The fourth-order valence-electron chi connectivity index (χ4n) is 15.8. The van der Waals surface area contributed by atoms with E-state index in [0.717, 1.165) is 0 Å². The molecule has 0 bridgehead atoms. The predicted octanol–water partition coefficient (Wildman–Crippen LogP) is -16.0. The van der Waals surface area contributed by atoms with E-state index in [1.165, 1.54) is 20.8 Å². The topological polar surface area (TPSA) is 765 Å². The summed E-state index contributed by atoms with van der Waals surface area (Å²) >= 11 is 1.64. The Morgan fingerprint density at radius 1 is 0.376 bits per heavy atom. The number of aliphatic hydroxyl groups excluding tert-OH is 26. The molecular formula is C68H116INO47. The van der Waals surface area contributed by atoms with Gasteiger partial charge in [-0.1, -0.05) is 50.3 Å². The van der Waals surface area contributed by atoms with Crippen molar-refractivity contribution < 1.29 is 233 Å². The molecule has 0 amide bonds. The van der Waals surface area contributed by atoms with E-state index in [2.05, 4.69) is 0 Å². The van der Waals surface area contributed by atoms with Gasteiger partial charge in [-0.15, -0.1) is 0 Å². The highest BCUT2D eigenvalue weighted by molar-refractivity contribution is 14.1. The van der Waals surface area contributed by atoms with Crippen LogP contribution in [0.15, 0.2) is 0 Å². The van der Waals surface area contributed by atoms with Crippen LogP contribution in [0.4, 0.5) is 0 Å². The monoisotopic (exact) mass is 1830 g/mol. The molecule has 10 heterocycles. The molecule has 21 unspecified atom stereocenters. The van der Waals surface area contributed by atoms with Crippen molar-refractivity contribution in [1.29, 1.82) is 0 Å². The van der Waals surface area contributed by atoms with Crippen molar-refractivity contribution in [2.24, 2.45) is 29.4 Å². The van der Waals surface area contributed by atoms with Gasteiger partial charge < -0.3 is 234 Å². The van der Waals surface area contributed by atoms with Gasteiger partial charge in [0.25, 0.3) is 5.79 Å². The Bertz CT molecular complexity index is 3030. The van der Waals surface area contributed by atoms with Crippen LogP contribution < -0.4 is 5.73 Å². The molecule has 49 heteroatoms. The van der Waals surface area contributed by atoms with Crippen LogP contribution in [-0.2, 0) is 94.8 Å². The van der Waals surface area contributed by atoms with Crippen LogP contribution in [0.1, 0.15) is 41.0 Å². The third-order valence-electron chi connectivity index (χ3n) is 23.6. The van der Waals surface area contributed by atoms with Crippen molar-refractivity contribution in [2.75, 3.05) is 66.1 Å². The van der Waals surface area contributed by atoms with Gasteiger partial charge in [0.05, 0.1) is 125 Å². The molecule has 10 saturated heterocycles. The van der Waals surface area contributed by atoms with E-state index in [9.17, 15) is 143 Å². The van der Waals surface area contributed by atoms with Crippen molar-refractivity contribution in [1.82, 2.24) is 0 Å². The highest BCUT2D eigenvalue weighted by Crippen LogP contribution is 2.43. The molecule has 10 rings (SSSR count). The zero-order chi connectivity index (χ0) is 86.2. The van der Waals surface area contributed by atoms with Gasteiger partial charge in [-0.2, -0.15) is 0 Å². The first kappa shape index (κ1) is 97.6. The van der Waals surface area contributed by atoms with Gasteiger partial charge >= 0.3 is 5.97 Å². The summed E-state index contributed by atoms with van der Waals surface area (Å²) in [5, 5.41) is 298. The number of carbonyl (C=O) groups is 1. The third-order valence-corrected chi connectivity index (χ3v) is 25.1. The lowest BCUT2D eigenvalue weighted by Crippen LogP contribution is -2.68. The summed E-state index contributed by atoms with van der Waals surface area (Å²) in [6.45, 7) is -2.25. The average molecular weight is 1830 g/mol. The van der Waals surface area contributed by atoms with Gasteiger partial charge in [0, 0.05) is 30.1 Å². The van der Waals surface area contributed by atoms with Crippen molar-refractivity contribution in [3.8, 4) is 0 Å². The van der Waals surface area contributed by atoms with E-state index in [-0.39, 0.29) is 0 Å². The Balaban J connectivity index is 0.898. The van der Waals surface area contributed by atoms with E-state index in [1.54, 1.807) is 36.4 Å². The van der Waals surface area contributed by atoms with Gasteiger partial charge in [-0.25, -0.2) is 4.79 Å². The molecule has 0 spiro atoms. The van der Waals surface area contributed by atoms with Crippen LogP contribution in [0, 0.1) is 23.7 Å². The average Bonchev–Trinajstić information content (AvgIpc) is 0.771. The third kappa shape index (κ3) is 20.5. The predicted molar refractivity (Wildman–Crippen MR) is 377 cm³/mol. The highest BCUT2D eigenvalue weighted by Gasteiger charge is 2.62. The van der Waals surface area contributed by atoms with Gasteiger partial charge in [0.1, 0.15) is 171 Å². The zero-order valence-corrected chi connectivity index (χ0v) is 66.0. The second-order valence-electron chi connectivity index (χ2n) is 31.3. The molecule has 10 fully saturated rings. The summed E-state index contributed by atoms with van der Waals surface area (Å²) < 4.78 is 113.